The van der Waals surface area contributed by atoms with Crippen LogP contribution in [0.3, 0.4) is 0 Å². The van der Waals surface area contributed by atoms with Crippen LogP contribution in [-0.4, -0.2) is 45.1 Å². The van der Waals surface area contributed by atoms with Crippen molar-refractivity contribution in [2.45, 2.75) is 19.4 Å². The summed E-state index contributed by atoms with van der Waals surface area (Å²) in [6, 6.07) is 13.7. The largest absolute Gasteiger partial charge is 0.339 e. The van der Waals surface area contributed by atoms with E-state index in [0.717, 1.165) is 11.3 Å². The second kappa shape index (κ2) is 8.06. The van der Waals surface area contributed by atoms with Crippen LogP contribution in [0.4, 0.5) is 10.1 Å². The molecule has 0 radical (unpaired) electrons. The van der Waals surface area contributed by atoms with E-state index >= 15 is 0 Å². The molecule has 4 rings (SSSR count). The summed E-state index contributed by atoms with van der Waals surface area (Å²) in [6.07, 6.45) is 3.17. The number of aromatic nitrogens is 3. The highest BCUT2D eigenvalue weighted by Gasteiger charge is 2.38. The average molecular weight is 407 g/mol. The predicted octanol–water partition coefficient (Wildman–Crippen LogP) is 2.98. The van der Waals surface area contributed by atoms with E-state index in [2.05, 4.69) is 10.1 Å². The lowest BCUT2D eigenvalue weighted by Crippen LogP contribution is -2.36. The fourth-order valence-corrected chi connectivity index (χ4v) is 3.73. The highest BCUT2D eigenvalue weighted by molar-refractivity contribution is 6.00. The molecule has 2 aromatic carbocycles. The maximum absolute atomic E-state index is 14.1. The van der Waals surface area contributed by atoms with Crippen LogP contribution < -0.4 is 4.90 Å². The molecular formula is C22H22FN5O2. The molecule has 2 amide bonds. The molecule has 1 fully saturated rings. The molecule has 0 saturated carbocycles. The third-order valence-electron chi connectivity index (χ3n) is 5.60. The minimum atomic E-state index is -0.501. The van der Waals surface area contributed by atoms with E-state index in [1.54, 1.807) is 41.2 Å². The van der Waals surface area contributed by atoms with E-state index in [9.17, 15) is 14.0 Å². The SMILES string of the molecule is C[C@H](c1ccc(-n2cncn2)cc1)N(C)C(=O)[C@H]1CC(=O)N(c2ccccc2F)C1. The van der Waals surface area contributed by atoms with Crippen molar-refractivity contribution in [1.29, 1.82) is 0 Å². The Labute approximate surface area is 173 Å². The van der Waals surface area contributed by atoms with Crippen molar-refractivity contribution in [3.63, 3.8) is 0 Å². The van der Waals surface area contributed by atoms with E-state index < -0.39 is 11.7 Å². The van der Waals surface area contributed by atoms with Gasteiger partial charge in [0.05, 0.1) is 23.3 Å². The van der Waals surface area contributed by atoms with Crippen molar-refractivity contribution in [3.05, 3.63) is 72.6 Å². The summed E-state index contributed by atoms with van der Waals surface area (Å²) < 4.78 is 15.7. The molecule has 0 bridgehead atoms. The maximum Gasteiger partial charge on any atom is 0.228 e. The standard InChI is InChI=1S/C22H22FN5O2/c1-15(16-7-9-18(10-8-16)28-14-24-13-25-28)26(2)22(30)17-11-21(29)27(12-17)20-6-4-3-5-19(20)23/h3-10,13-15,17H,11-12H2,1-2H3/t15-,17+/m1/s1. The van der Waals surface area contributed by atoms with Crippen LogP contribution in [0, 0.1) is 11.7 Å². The van der Waals surface area contributed by atoms with Gasteiger partial charge in [-0.25, -0.2) is 14.1 Å². The summed E-state index contributed by atoms with van der Waals surface area (Å²) in [5.41, 5.74) is 2.06. The quantitative estimate of drug-likeness (QED) is 0.652. The molecule has 1 aromatic heterocycles. The van der Waals surface area contributed by atoms with Crippen molar-refractivity contribution in [1.82, 2.24) is 19.7 Å². The van der Waals surface area contributed by atoms with E-state index in [-0.39, 0.29) is 36.5 Å². The third-order valence-corrected chi connectivity index (χ3v) is 5.60. The summed E-state index contributed by atoms with van der Waals surface area (Å²) in [7, 11) is 1.73. The van der Waals surface area contributed by atoms with Crippen LogP contribution in [0.15, 0.2) is 61.2 Å². The van der Waals surface area contributed by atoms with Gasteiger partial charge in [0.2, 0.25) is 11.8 Å². The maximum atomic E-state index is 14.1. The van der Waals surface area contributed by atoms with Gasteiger partial charge >= 0.3 is 0 Å². The fraction of sp³-hybridized carbons (Fsp3) is 0.273. The van der Waals surface area contributed by atoms with Gasteiger partial charge in [-0.1, -0.05) is 24.3 Å². The van der Waals surface area contributed by atoms with Gasteiger partial charge in [-0.3, -0.25) is 9.59 Å². The Balaban J connectivity index is 1.45. The summed E-state index contributed by atoms with van der Waals surface area (Å²) in [5.74, 6) is -1.33. The zero-order valence-corrected chi connectivity index (χ0v) is 16.8. The number of carbonyl (C=O) groups excluding carboxylic acids is 2. The number of benzene rings is 2. The normalized spacial score (nSPS) is 17.2. The molecular weight excluding hydrogens is 385 g/mol. The second-order valence-electron chi connectivity index (χ2n) is 7.41. The summed E-state index contributed by atoms with van der Waals surface area (Å²) >= 11 is 0. The number of halogens is 1. The average Bonchev–Trinajstić information content (AvgIpc) is 3.43. The molecule has 2 heterocycles. The number of nitrogens with zero attached hydrogens (tertiary/aromatic N) is 5. The molecule has 7 nitrogen and oxygen atoms in total. The van der Waals surface area contributed by atoms with Crippen LogP contribution in [-0.2, 0) is 9.59 Å². The van der Waals surface area contributed by atoms with Gasteiger partial charge < -0.3 is 9.80 Å². The topological polar surface area (TPSA) is 71.3 Å². The van der Waals surface area contributed by atoms with Gasteiger partial charge in [-0.2, -0.15) is 5.10 Å². The first-order valence-electron chi connectivity index (χ1n) is 9.72. The second-order valence-corrected chi connectivity index (χ2v) is 7.41. The fourth-order valence-electron chi connectivity index (χ4n) is 3.73. The van der Waals surface area contributed by atoms with Gasteiger partial charge in [0, 0.05) is 20.0 Å². The number of hydrogen-bond acceptors (Lipinski definition) is 4. The monoisotopic (exact) mass is 407 g/mol. The first-order chi connectivity index (χ1) is 14.5. The third kappa shape index (κ3) is 3.68. The van der Waals surface area contributed by atoms with Gasteiger partial charge in [-0.15, -0.1) is 0 Å². The Bertz CT molecular complexity index is 1050. The molecule has 30 heavy (non-hydrogen) atoms. The lowest BCUT2D eigenvalue weighted by Gasteiger charge is -2.28. The van der Waals surface area contributed by atoms with Gasteiger partial charge in [0.15, 0.2) is 0 Å². The number of amides is 2. The predicted molar refractivity (Wildman–Crippen MR) is 109 cm³/mol. The molecule has 2 atom stereocenters. The van der Waals surface area contributed by atoms with E-state index in [4.69, 9.17) is 0 Å². The molecule has 0 N–H and O–H groups in total. The van der Waals surface area contributed by atoms with Crippen molar-refractivity contribution < 1.29 is 14.0 Å². The van der Waals surface area contributed by atoms with Crippen LogP contribution in [0.1, 0.15) is 24.9 Å². The number of rotatable bonds is 5. The van der Waals surface area contributed by atoms with Gasteiger partial charge in [0.1, 0.15) is 18.5 Å². The van der Waals surface area contributed by atoms with E-state index in [1.807, 2.05) is 31.2 Å². The minimum absolute atomic E-state index is 0.0788. The molecule has 0 aliphatic carbocycles. The Kier molecular flexibility index (Phi) is 5.31. The molecule has 8 heteroatoms. The summed E-state index contributed by atoms with van der Waals surface area (Å²) in [6.45, 7) is 2.12. The lowest BCUT2D eigenvalue weighted by atomic mass is 10.0. The van der Waals surface area contributed by atoms with E-state index in [1.165, 1.54) is 17.3 Å². The summed E-state index contributed by atoms with van der Waals surface area (Å²) in [5, 5.41) is 4.10. The highest BCUT2D eigenvalue weighted by Crippen LogP contribution is 2.30. The van der Waals surface area contributed by atoms with Crippen LogP contribution in [0.2, 0.25) is 0 Å². The zero-order chi connectivity index (χ0) is 21.3. The Hall–Kier alpha value is -3.55. The number of anilines is 1. The molecule has 1 saturated heterocycles. The molecule has 154 valence electrons. The first-order valence-corrected chi connectivity index (χ1v) is 9.72. The van der Waals surface area contributed by atoms with Crippen molar-refractivity contribution in [3.8, 4) is 5.69 Å². The van der Waals surface area contributed by atoms with Crippen molar-refractivity contribution in [2.75, 3.05) is 18.5 Å². The molecule has 0 unspecified atom stereocenters. The van der Waals surface area contributed by atoms with Crippen molar-refractivity contribution >= 4 is 17.5 Å². The van der Waals surface area contributed by atoms with Crippen LogP contribution in [0.5, 0.6) is 0 Å². The Morgan fingerprint density at radius 1 is 1.20 bits per heavy atom. The van der Waals surface area contributed by atoms with E-state index in [0.29, 0.717) is 0 Å². The van der Waals surface area contributed by atoms with Crippen LogP contribution >= 0.6 is 0 Å². The Morgan fingerprint density at radius 3 is 2.60 bits per heavy atom. The smallest absolute Gasteiger partial charge is 0.228 e. The Morgan fingerprint density at radius 2 is 1.93 bits per heavy atom. The van der Waals surface area contributed by atoms with Gasteiger partial charge in [-0.05, 0) is 36.8 Å². The molecule has 0 spiro atoms. The first kappa shape index (κ1) is 19.8. The molecule has 1 aliphatic heterocycles. The number of para-hydroxylation sites is 1. The minimum Gasteiger partial charge on any atom is -0.339 e. The number of carbonyl (C=O) groups is 2. The lowest BCUT2D eigenvalue weighted by molar-refractivity contribution is -0.136. The molecule has 1 aliphatic rings. The zero-order valence-electron chi connectivity index (χ0n) is 16.8. The number of hydrogen-bond donors (Lipinski definition) is 0. The molecule has 3 aromatic rings. The van der Waals surface area contributed by atoms with Gasteiger partial charge in [0.25, 0.3) is 0 Å². The highest BCUT2D eigenvalue weighted by atomic mass is 19.1. The van der Waals surface area contributed by atoms with Crippen molar-refractivity contribution in [2.24, 2.45) is 5.92 Å². The summed E-state index contributed by atoms with van der Waals surface area (Å²) in [4.78, 5) is 32.4. The van der Waals surface area contributed by atoms with Crippen LogP contribution in [0.25, 0.3) is 5.69 Å².